The Kier molecular flexibility index (Phi) is 72.7. The molecule has 3 heterocycles. The van der Waals surface area contributed by atoms with Crippen LogP contribution >= 0.6 is 0 Å². The minimum Gasteiger partial charge on any atom is -0.444 e. The molecule has 0 spiro atoms. The van der Waals surface area contributed by atoms with Crippen molar-refractivity contribution >= 4 is 29.7 Å². The summed E-state index contributed by atoms with van der Waals surface area (Å²) in [6.07, 6.45) is 130. The molecule has 3 aliphatic rings. The zero-order chi connectivity index (χ0) is 83.3. The molecule has 0 aromatic heterocycles. The van der Waals surface area contributed by atoms with Gasteiger partial charge in [0.25, 0.3) is 0 Å². The van der Waals surface area contributed by atoms with Crippen molar-refractivity contribution in [2.75, 3.05) is 78.5 Å². The molecule has 3 rings (SSSR count). The van der Waals surface area contributed by atoms with E-state index in [9.17, 15) is 24.0 Å². The molecule has 0 aliphatic carbocycles. The van der Waals surface area contributed by atoms with Gasteiger partial charge in [-0.05, 0) is 201 Å². The van der Waals surface area contributed by atoms with Gasteiger partial charge in [0.05, 0.1) is 0 Å². The number of unbranched alkanes of at least 4 members (excludes halogenated alkanes) is 1. The van der Waals surface area contributed by atoms with E-state index in [1.165, 1.54) is 0 Å². The number of ether oxygens (including phenoxy) is 1. The van der Waals surface area contributed by atoms with E-state index in [-0.39, 0.29) is 29.7 Å². The number of allylic oxidation sites excluding steroid dienone is 46. The zero-order valence-corrected chi connectivity index (χ0v) is 72.9. The fourth-order valence-corrected chi connectivity index (χ4v) is 11.5. The Labute approximate surface area is 701 Å². The quantitative estimate of drug-likeness (QED) is 0.0475. The van der Waals surface area contributed by atoms with E-state index >= 15 is 0 Å². The minimum atomic E-state index is -0.497. The smallest absolute Gasteiger partial charge is 0.410 e. The number of nitrogens with zero attached hydrogens (tertiary/aromatic N) is 5. The molecule has 3 aliphatic heterocycles. The van der Waals surface area contributed by atoms with Crippen molar-refractivity contribution in [3.63, 3.8) is 0 Å². The predicted molar refractivity (Wildman–Crippen MR) is 498 cm³/mol. The van der Waals surface area contributed by atoms with Gasteiger partial charge in [0.1, 0.15) is 5.60 Å². The summed E-state index contributed by atoms with van der Waals surface area (Å²) in [6, 6.07) is 0. The molecule has 115 heavy (non-hydrogen) atoms. The minimum absolute atomic E-state index is 0.151. The molecule has 0 aromatic rings. The van der Waals surface area contributed by atoms with Crippen molar-refractivity contribution in [1.29, 1.82) is 0 Å². The lowest BCUT2D eigenvalue weighted by Gasteiger charge is -2.35. The monoisotopic (exact) mass is 1570 g/mol. The SMILES string of the molecule is CC/C=C\C/C=C\C/C=C\C/C=C\C/C=C\C/C=C\CCC(=O)N1CCN(C(=O)CCC/C=C\C/C=C\C/C=C\C/C=C\C/C=C\CC)CC1.CC/C=C\C/C=C\C/C=C\C/C=C\C/C=C\C/C=C\CCC(=O)N1CCN(C(=O)OC(C)(C)C)CC1.CC/C=C\C/C=C\C/C=C\C/C=C\C/C=C\C/C=C\CCC(=O)N1CCNCC1. The summed E-state index contributed by atoms with van der Waals surface area (Å²) in [7, 11) is 0. The van der Waals surface area contributed by atoms with E-state index in [0.717, 1.165) is 206 Å². The van der Waals surface area contributed by atoms with Crippen molar-refractivity contribution in [2.24, 2.45) is 0 Å². The predicted octanol–water partition coefficient (Wildman–Crippen LogP) is 25.5. The third-order valence-electron chi connectivity index (χ3n) is 18.0. The first-order valence-electron chi connectivity index (χ1n) is 44.1. The highest BCUT2D eigenvalue weighted by Gasteiger charge is 2.28. The number of amides is 5. The van der Waals surface area contributed by atoms with Crippen LogP contribution in [0.3, 0.4) is 0 Å². The molecule has 12 heteroatoms. The van der Waals surface area contributed by atoms with Crippen LogP contribution in [0.25, 0.3) is 0 Å². The maximum Gasteiger partial charge on any atom is 0.410 e. The number of piperazine rings is 3. The Balaban J connectivity index is 0.000000898. The second-order valence-electron chi connectivity index (χ2n) is 29.2. The average Bonchev–Trinajstić information content (AvgIpc) is 0.870. The molecule has 0 atom stereocenters. The van der Waals surface area contributed by atoms with Crippen LogP contribution < -0.4 is 5.32 Å². The molecule has 3 saturated heterocycles. The van der Waals surface area contributed by atoms with E-state index in [1.807, 2.05) is 40.4 Å². The lowest BCUT2D eigenvalue weighted by molar-refractivity contribution is -0.139. The van der Waals surface area contributed by atoms with Crippen molar-refractivity contribution in [3.8, 4) is 0 Å². The lowest BCUT2D eigenvalue weighted by atomic mass is 10.1. The van der Waals surface area contributed by atoms with Gasteiger partial charge in [-0.3, -0.25) is 19.2 Å². The molecule has 0 aromatic carbocycles. The molecule has 634 valence electrons. The summed E-state index contributed by atoms with van der Waals surface area (Å²) in [5.74, 6) is 0.835. The molecular formula is C103H156N6O6. The molecule has 1 N–H and O–H groups in total. The normalized spacial score (nSPS) is 15.6. The van der Waals surface area contributed by atoms with Gasteiger partial charge in [-0.15, -0.1) is 0 Å². The Morgan fingerprint density at radius 1 is 0.235 bits per heavy atom. The fraction of sp³-hybridized carbons (Fsp3) is 0.505. The van der Waals surface area contributed by atoms with Crippen LogP contribution in [0.2, 0.25) is 0 Å². The lowest BCUT2D eigenvalue weighted by Crippen LogP contribution is -2.51. The van der Waals surface area contributed by atoms with Crippen molar-refractivity contribution in [2.45, 2.75) is 260 Å². The molecule has 3 fully saturated rings. The highest BCUT2D eigenvalue weighted by atomic mass is 16.6. The van der Waals surface area contributed by atoms with Gasteiger partial charge in [-0.25, -0.2) is 4.79 Å². The van der Waals surface area contributed by atoms with Crippen LogP contribution in [-0.2, 0) is 23.9 Å². The summed E-state index contributed by atoms with van der Waals surface area (Å²) in [5, 5.41) is 3.27. The van der Waals surface area contributed by atoms with E-state index in [4.69, 9.17) is 4.74 Å². The topological polar surface area (TPSA) is 123 Å². The third-order valence-corrected chi connectivity index (χ3v) is 18.0. The van der Waals surface area contributed by atoms with Crippen molar-refractivity contribution in [1.82, 2.24) is 29.8 Å². The summed E-state index contributed by atoms with van der Waals surface area (Å²) in [6.45, 7) is 22.5. The number of carbonyl (C=O) groups excluding carboxylic acids is 5. The standard InChI is InChI=1S/C46H68N2O2.C31H48N2O3.C26H40N2O/c1-3-5-7-9-11-13-15-17-19-21-22-24-26-28-30-32-34-36-38-40-46(50)48-43-41-47(42-44-48)45(49)39-37-35-33-31-29-27-25-23-20-18-16-14-12-10-8-6-4-2;1-5-6-7-8-9-10-11-12-13-14-15-16-17-18-19-20-21-22-23-24-29(34)32-25-27-33(28-26-32)30(35)36-31(2,3)4;1-2-3-4-5-6-7-8-9-10-11-12-13-14-15-16-17-18-19-20-21-26(29)28-24-22-27-23-25-28/h5-8,11-14,17-20,22,24-25,27-28,30-31,33-34,36H,3-4,9-10,15-16,21,23,26,29,32,35,37-44H2,1-2H3;6-7,9-10,12-13,15-16,18-19,21-22H,5,8,11,14,17,20,23-28H2,1-4H3;3-4,6-7,9-10,12-13,15-16,18-19,27H,2,5,8,11,14,17,20-25H2,1H3/b7-5-,8-6-,13-11-,14-12-,19-17-,20-18-,24-22-,27-25-,30-28-,33-31-,36-34-;7-6-,10-9-,13-12-,16-15-,19-18-,22-21-;4-3-,7-6-,10-9-,13-12-,16-15-,19-18-. The van der Waals surface area contributed by atoms with Crippen LogP contribution in [0.5, 0.6) is 0 Å². The van der Waals surface area contributed by atoms with Crippen LogP contribution in [0, 0.1) is 0 Å². The molecular weight excluding hydrogens is 1420 g/mol. The molecule has 0 bridgehead atoms. The van der Waals surface area contributed by atoms with Gasteiger partial charge in [0, 0.05) is 104 Å². The molecule has 0 unspecified atom stereocenters. The number of hydrogen-bond acceptors (Lipinski definition) is 7. The van der Waals surface area contributed by atoms with E-state index in [1.54, 1.807) is 4.90 Å². The van der Waals surface area contributed by atoms with Gasteiger partial charge in [0.15, 0.2) is 0 Å². The molecule has 12 nitrogen and oxygen atoms in total. The highest BCUT2D eigenvalue weighted by Crippen LogP contribution is 2.15. The fourth-order valence-electron chi connectivity index (χ4n) is 11.5. The van der Waals surface area contributed by atoms with Gasteiger partial charge in [-0.2, -0.15) is 0 Å². The van der Waals surface area contributed by atoms with Gasteiger partial charge >= 0.3 is 6.09 Å². The van der Waals surface area contributed by atoms with E-state index in [2.05, 4.69) is 313 Å². The summed E-state index contributed by atoms with van der Waals surface area (Å²) >= 11 is 0. The second kappa shape index (κ2) is 80.3. The maximum atomic E-state index is 12.6. The third kappa shape index (κ3) is 70.3. The Morgan fingerprint density at radius 2 is 0.409 bits per heavy atom. The van der Waals surface area contributed by atoms with Crippen LogP contribution in [0.15, 0.2) is 279 Å². The van der Waals surface area contributed by atoms with Gasteiger partial charge in [0.2, 0.25) is 23.6 Å². The largest absolute Gasteiger partial charge is 0.444 e. The zero-order valence-electron chi connectivity index (χ0n) is 72.9. The first-order valence-corrected chi connectivity index (χ1v) is 44.1. The number of hydrogen-bond donors (Lipinski definition) is 1. The van der Waals surface area contributed by atoms with Crippen LogP contribution in [0.1, 0.15) is 254 Å². The van der Waals surface area contributed by atoms with Crippen molar-refractivity contribution < 1.29 is 28.7 Å². The first-order chi connectivity index (χ1) is 56.4. The average molecular weight is 1570 g/mol. The number of rotatable bonds is 55. The Hall–Kier alpha value is -8.87. The number of carbonyl (C=O) groups is 5. The van der Waals surface area contributed by atoms with Crippen molar-refractivity contribution in [3.05, 3.63) is 279 Å². The van der Waals surface area contributed by atoms with E-state index in [0.29, 0.717) is 78.0 Å². The highest BCUT2D eigenvalue weighted by molar-refractivity contribution is 5.79. The first kappa shape index (κ1) is 104. The summed E-state index contributed by atoms with van der Waals surface area (Å²) < 4.78 is 5.40. The molecule has 0 radical (unpaired) electrons. The van der Waals surface area contributed by atoms with E-state index < -0.39 is 5.60 Å². The van der Waals surface area contributed by atoms with Gasteiger partial charge in [-0.1, -0.05) is 307 Å². The number of nitrogens with one attached hydrogen (secondary N) is 1. The van der Waals surface area contributed by atoms with Crippen LogP contribution in [0.4, 0.5) is 4.79 Å². The molecule has 0 saturated carbocycles. The Morgan fingerprint density at radius 3 is 0.617 bits per heavy atom. The maximum absolute atomic E-state index is 12.6. The molecule has 5 amide bonds. The van der Waals surface area contributed by atoms with Crippen LogP contribution in [-0.4, -0.2) is 138 Å². The summed E-state index contributed by atoms with van der Waals surface area (Å²) in [5.41, 5.74) is -0.497. The Bertz CT molecular complexity index is 3200. The summed E-state index contributed by atoms with van der Waals surface area (Å²) in [4.78, 5) is 71.2. The second-order valence-corrected chi connectivity index (χ2v) is 29.2. The van der Waals surface area contributed by atoms with Gasteiger partial charge < -0.3 is 34.6 Å².